The molecule has 2 aromatic heterocycles. The summed E-state index contributed by atoms with van der Waals surface area (Å²) < 4.78 is 5.69. The van der Waals surface area contributed by atoms with Crippen molar-refractivity contribution in [1.29, 1.82) is 0 Å². The monoisotopic (exact) mass is 414 g/mol. The Bertz CT molecular complexity index is 1010. The van der Waals surface area contributed by atoms with E-state index in [2.05, 4.69) is 9.72 Å². The molecule has 3 aromatic rings. The van der Waals surface area contributed by atoms with Crippen molar-refractivity contribution >= 4 is 50.5 Å². The molecule has 0 unspecified atom stereocenters. The molecule has 1 amide bonds. The summed E-state index contributed by atoms with van der Waals surface area (Å²) in [4.78, 5) is 44.2. The number of piperidine rings is 1. The van der Waals surface area contributed by atoms with Crippen LogP contribution in [0.5, 0.6) is 0 Å². The van der Waals surface area contributed by atoms with Crippen LogP contribution in [0.25, 0.3) is 10.2 Å². The molecule has 1 aliphatic heterocycles. The number of aromatic nitrogens is 1. The maximum atomic E-state index is 12.8. The van der Waals surface area contributed by atoms with Crippen LogP contribution in [0.4, 0.5) is 0 Å². The highest BCUT2D eigenvalue weighted by Gasteiger charge is 2.30. The Balaban J connectivity index is 1.40. The van der Waals surface area contributed by atoms with Crippen molar-refractivity contribution in [3.05, 3.63) is 51.2 Å². The number of carbonyl (C=O) groups is 3. The average molecular weight is 415 g/mol. The molecule has 0 spiro atoms. The van der Waals surface area contributed by atoms with Crippen molar-refractivity contribution in [1.82, 2.24) is 9.88 Å². The van der Waals surface area contributed by atoms with Gasteiger partial charge in [-0.2, -0.15) is 0 Å². The molecular weight excluding hydrogens is 396 g/mol. The Labute approximate surface area is 169 Å². The van der Waals surface area contributed by atoms with Gasteiger partial charge in [0.2, 0.25) is 0 Å². The fourth-order valence-corrected chi connectivity index (χ4v) is 5.19. The van der Waals surface area contributed by atoms with Crippen LogP contribution in [0.15, 0.2) is 36.4 Å². The number of thiazole rings is 1. The summed E-state index contributed by atoms with van der Waals surface area (Å²) >= 11 is 2.56. The van der Waals surface area contributed by atoms with Gasteiger partial charge < -0.3 is 9.64 Å². The molecule has 0 aliphatic carbocycles. The summed E-state index contributed by atoms with van der Waals surface area (Å²) in [5, 5.41) is 0.548. The van der Waals surface area contributed by atoms with Gasteiger partial charge in [0, 0.05) is 19.0 Å². The fraction of sp³-hybridized carbons (Fsp3) is 0.300. The topological polar surface area (TPSA) is 76.6 Å². The second-order valence-electron chi connectivity index (χ2n) is 6.57. The number of benzene rings is 1. The Hall–Kier alpha value is -2.58. The summed E-state index contributed by atoms with van der Waals surface area (Å²) in [6.07, 6.45) is 1.24. The standard InChI is InChI=1S/C20H18N2O4S2/c1-26-20(25)16-7-6-15(27-16)19(24)22-10-8-12(9-11-22)17(23)18-21-13-4-2-3-5-14(13)28-18/h2-7,12H,8-11H2,1H3. The molecule has 1 aromatic carbocycles. The number of ketones is 1. The summed E-state index contributed by atoms with van der Waals surface area (Å²) in [6.45, 7) is 1.04. The molecule has 6 nitrogen and oxygen atoms in total. The van der Waals surface area contributed by atoms with Crippen LogP contribution in [0.2, 0.25) is 0 Å². The highest BCUT2D eigenvalue weighted by atomic mass is 32.1. The van der Waals surface area contributed by atoms with Gasteiger partial charge in [0.25, 0.3) is 5.91 Å². The zero-order chi connectivity index (χ0) is 19.7. The number of likely N-dealkylation sites (tertiary alicyclic amines) is 1. The maximum absolute atomic E-state index is 12.8. The summed E-state index contributed by atoms with van der Waals surface area (Å²) in [5.74, 6) is -0.591. The van der Waals surface area contributed by atoms with E-state index >= 15 is 0 Å². The number of Topliss-reactive ketones (excluding diaryl/α,β-unsaturated/α-hetero) is 1. The lowest BCUT2D eigenvalue weighted by atomic mass is 9.92. The van der Waals surface area contributed by atoms with Gasteiger partial charge in [-0.3, -0.25) is 9.59 Å². The third kappa shape index (κ3) is 3.57. The van der Waals surface area contributed by atoms with E-state index in [0.717, 1.165) is 21.6 Å². The summed E-state index contributed by atoms with van der Waals surface area (Å²) in [6, 6.07) is 11.0. The van der Waals surface area contributed by atoms with Crippen LogP contribution in [0.1, 0.15) is 42.0 Å². The third-order valence-corrected chi connectivity index (χ3v) is 6.97. The van der Waals surface area contributed by atoms with Gasteiger partial charge in [-0.25, -0.2) is 9.78 Å². The molecule has 0 saturated carbocycles. The number of carbonyl (C=O) groups excluding carboxylic acids is 3. The number of nitrogens with zero attached hydrogens (tertiary/aromatic N) is 2. The number of hydrogen-bond acceptors (Lipinski definition) is 7. The number of rotatable bonds is 4. The van der Waals surface area contributed by atoms with Crippen molar-refractivity contribution < 1.29 is 19.1 Å². The average Bonchev–Trinajstić information content (AvgIpc) is 3.39. The molecule has 1 aliphatic rings. The van der Waals surface area contributed by atoms with Crippen LogP contribution >= 0.6 is 22.7 Å². The fourth-order valence-electron chi connectivity index (χ4n) is 3.32. The van der Waals surface area contributed by atoms with Crippen molar-refractivity contribution in [3.63, 3.8) is 0 Å². The van der Waals surface area contributed by atoms with Gasteiger partial charge in [-0.15, -0.1) is 22.7 Å². The molecule has 1 saturated heterocycles. The Kier molecular flexibility index (Phi) is 5.23. The lowest BCUT2D eigenvalue weighted by Gasteiger charge is -2.30. The molecule has 144 valence electrons. The molecule has 28 heavy (non-hydrogen) atoms. The van der Waals surface area contributed by atoms with E-state index in [1.165, 1.54) is 18.4 Å². The van der Waals surface area contributed by atoms with Gasteiger partial charge in [0.1, 0.15) is 4.88 Å². The predicted molar refractivity (Wildman–Crippen MR) is 108 cm³/mol. The highest BCUT2D eigenvalue weighted by Crippen LogP contribution is 2.28. The molecule has 0 N–H and O–H groups in total. The lowest BCUT2D eigenvalue weighted by Crippen LogP contribution is -2.40. The molecule has 3 heterocycles. The number of methoxy groups -OCH3 is 1. The van der Waals surface area contributed by atoms with Crippen molar-refractivity contribution in [3.8, 4) is 0 Å². The smallest absolute Gasteiger partial charge is 0.348 e. The Morgan fingerprint density at radius 2 is 1.75 bits per heavy atom. The van der Waals surface area contributed by atoms with E-state index in [9.17, 15) is 14.4 Å². The van der Waals surface area contributed by atoms with E-state index in [1.54, 1.807) is 17.0 Å². The van der Waals surface area contributed by atoms with Crippen molar-refractivity contribution in [2.24, 2.45) is 5.92 Å². The molecule has 1 fully saturated rings. The minimum atomic E-state index is -0.441. The third-order valence-electron chi connectivity index (χ3n) is 4.86. The summed E-state index contributed by atoms with van der Waals surface area (Å²) in [7, 11) is 1.32. The van der Waals surface area contributed by atoms with Gasteiger partial charge in [-0.05, 0) is 37.1 Å². The van der Waals surface area contributed by atoms with Gasteiger partial charge in [0.15, 0.2) is 10.8 Å². The molecule has 0 bridgehead atoms. The SMILES string of the molecule is COC(=O)c1ccc(C(=O)N2CCC(C(=O)c3nc4ccccc4s3)CC2)s1. The number of amides is 1. The van der Waals surface area contributed by atoms with Crippen molar-refractivity contribution in [2.45, 2.75) is 12.8 Å². The van der Waals surface area contributed by atoms with Crippen LogP contribution < -0.4 is 0 Å². The number of ether oxygens (including phenoxy) is 1. The second-order valence-corrected chi connectivity index (χ2v) is 8.69. The van der Waals surface area contributed by atoms with E-state index in [0.29, 0.717) is 40.7 Å². The van der Waals surface area contributed by atoms with E-state index < -0.39 is 5.97 Å². The quantitative estimate of drug-likeness (QED) is 0.478. The molecular formula is C20H18N2O4S2. The normalized spacial score (nSPS) is 15.0. The van der Waals surface area contributed by atoms with E-state index in [-0.39, 0.29) is 17.6 Å². The number of fused-ring (bicyclic) bond motifs is 1. The minimum absolute atomic E-state index is 0.0670. The van der Waals surface area contributed by atoms with Crippen LogP contribution in [0, 0.1) is 5.92 Å². The maximum Gasteiger partial charge on any atom is 0.348 e. The van der Waals surface area contributed by atoms with Crippen LogP contribution in [-0.2, 0) is 4.74 Å². The largest absolute Gasteiger partial charge is 0.465 e. The Morgan fingerprint density at radius 1 is 1.04 bits per heavy atom. The highest BCUT2D eigenvalue weighted by molar-refractivity contribution is 7.20. The molecule has 0 radical (unpaired) electrons. The van der Waals surface area contributed by atoms with Crippen LogP contribution in [-0.4, -0.2) is 47.7 Å². The minimum Gasteiger partial charge on any atom is -0.465 e. The number of hydrogen-bond donors (Lipinski definition) is 0. The molecule has 0 atom stereocenters. The predicted octanol–water partition coefficient (Wildman–Crippen LogP) is 3.88. The zero-order valence-electron chi connectivity index (χ0n) is 15.2. The van der Waals surface area contributed by atoms with E-state index in [1.807, 2.05) is 24.3 Å². The Morgan fingerprint density at radius 3 is 2.46 bits per heavy atom. The number of para-hydroxylation sites is 1. The van der Waals surface area contributed by atoms with Gasteiger partial charge in [0.05, 0.1) is 22.2 Å². The van der Waals surface area contributed by atoms with Crippen molar-refractivity contribution in [2.75, 3.05) is 20.2 Å². The first-order valence-electron chi connectivity index (χ1n) is 8.94. The summed E-state index contributed by atoms with van der Waals surface area (Å²) in [5.41, 5.74) is 0.850. The molecule has 8 heteroatoms. The first kappa shape index (κ1) is 18.8. The first-order chi connectivity index (χ1) is 13.6. The van der Waals surface area contributed by atoms with Gasteiger partial charge in [-0.1, -0.05) is 12.1 Å². The first-order valence-corrected chi connectivity index (χ1v) is 10.6. The molecule has 4 rings (SSSR count). The van der Waals surface area contributed by atoms with E-state index in [4.69, 9.17) is 0 Å². The second kappa shape index (κ2) is 7.81. The number of thiophene rings is 1. The van der Waals surface area contributed by atoms with Gasteiger partial charge >= 0.3 is 5.97 Å². The number of esters is 1. The lowest BCUT2D eigenvalue weighted by molar-refractivity contribution is 0.0606. The van der Waals surface area contributed by atoms with Crippen LogP contribution in [0.3, 0.4) is 0 Å². The zero-order valence-corrected chi connectivity index (χ0v) is 16.8.